The minimum absolute atomic E-state index is 1.02. The molecule has 1 radical (unpaired) electrons. The molecule has 0 aromatic heterocycles. The average molecular weight is 1300 g/mol. The third kappa shape index (κ3) is 69.5. The van der Waals surface area contributed by atoms with Crippen molar-refractivity contribution in [3.8, 4) is 0 Å². The highest BCUT2D eigenvalue weighted by molar-refractivity contribution is 5.40. The molecule has 0 aliphatic carbocycles. The lowest BCUT2D eigenvalue weighted by atomic mass is 9.87. The molecular weight excluding hydrogens is 1120 g/mol. The topological polar surface area (TPSA) is 0 Å². The summed E-state index contributed by atoms with van der Waals surface area (Å²) in [5.74, 6) is 0. The van der Waals surface area contributed by atoms with E-state index in [0.29, 0.717) is 0 Å². The number of unbranched alkanes of at least 4 members (excludes halogenated alkanes) is 75. The van der Waals surface area contributed by atoms with E-state index in [1.54, 1.807) is 22.3 Å². The summed E-state index contributed by atoms with van der Waals surface area (Å²) in [6.07, 6.45) is 121. The van der Waals surface area contributed by atoms with Gasteiger partial charge in [-0.05, 0) is 73.6 Å². The van der Waals surface area contributed by atoms with Crippen LogP contribution in [0.25, 0.3) is 0 Å². The van der Waals surface area contributed by atoms with E-state index in [0.717, 1.165) is 12.8 Å². The Bertz CT molecular complexity index is 1410. The minimum Gasteiger partial charge on any atom is -0.0654 e. The molecule has 0 bridgehead atoms. The van der Waals surface area contributed by atoms with Gasteiger partial charge in [-0.1, -0.05) is 521 Å². The summed E-state index contributed by atoms with van der Waals surface area (Å²) < 4.78 is 0. The largest absolute Gasteiger partial charge is 0.0654 e. The van der Waals surface area contributed by atoms with Gasteiger partial charge in [0.05, 0.1) is 0 Å². The van der Waals surface area contributed by atoms with Gasteiger partial charge in [-0.15, -0.1) is 0 Å². The van der Waals surface area contributed by atoms with E-state index in [1.165, 1.54) is 520 Å². The molecule has 93 heavy (non-hydrogen) atoms. The molecule has 0 atom stereocenters. The highest BCUT2D eigenvalue weighted by Gasteiger charge is 2.13. The van der Waals surface area contributed by atoms with Crippen molar-refractivity contribution in [2.75, 3.05) is 0 Å². The molecule has 1 aromatic carbocycles. The van der Waals surface area contributed by atoms with Crippen LogP contribution in [-0.4, -0.2) is 0 Å². The number of benzene rings is 1. The maximum Gasteiger partial charge on any atom is -0.0273 e. The van der Waals surface area contributed by atoms with Crippen molar-refractivity contribution < 1.29 is 0 Å². The van der Waals surface area contributed by atoms with Crippen LogP contribution in [0.2, 0.25) is 0 Å². The molecule has 0 saturated heterocycles. The third-order valence-corrected chi connectivity index (χ3v) is 22.3. The zero-order valence-corrected chi connectivity index (χ0v) is 65.6. The first-order chi connectivity index (χ1) is 46.3. The third-order valence-electron chi connectivity index (χ3n) is 22.3. The van der Waals surface area contributed by atoms with Gasteiger partial charge in [0.25, 0.3) is 0 Å². The molecular formula is C93H179. The van der Waals surface area contributed by atoms with Crippen LogP contribution >= 0.6 is 0 Å². The van der Waals surface area contributed by atoms with Gasteiger partial charge in [-0.2, -0.15) is 0 Å². The fourth-order valence-electron chi connectivity index (χ4n) is 15.9. The zero-order valence-electron chi connectivity index (χ0n) is 65.6. The number of rotatable bonds is 83. The predicted molar refractivity (Wildman–Crippen MR) is 428 cm³/mol. The van der Waals surface area contributed by atoms with Crippen molar-refractivity contribution >= 4 is 0 Å². The smallest absolute Gasteiger partial charge is 0.0273 e. The molecule has 0 N–H and O–H groups in total. The summed E-state index contributed by atoms with van der Waals surface area (Å²) in [7, 11) is 0. The van der Waals surface area contributed by atoms with Gasteiger partial charge < -0.3 is 0 Å². The van der Waals surface area contributed by atoms with Crippen LogP contribution in [0.3, 0.4) is 0 Å². The lowest BCUT2D eigenvalue weighted by Gasteiger charge is -2.18. The molecule has 0 spiro atoms. The normalized spacial score (nSPS) is 11.8. The lowest BCUT2D eigenvalue weighted by molar-refractivity contribution is 0.515. The predicted octanol–water partition coefficient (Wildman–Crippen LogP) is 34.6. The van der Waals surface area contributed by atoms with Crippen molar-refractivity contribution in [2.24, 2.45) is 0 Å². The van der Waals surface area contributed by atoms with E-state index in [9.17, 15) is 0 Å². The highest BCUT2D eigenvalue weighted by atomic mass is 14.2. The molecule has 0 fully saturated rings. The second kappa shape index (κ2) is 80.2. The van der Waals surface area contributed by atoms with Gasteiger partial charge in [-0.3, -0.25) is 0 Å². The van der Waals surface area contributed by atoms with Gasteiger partial charge in [0.1, 0.15) is 0 Å². The van der Waals surface area contributed by atoms with Crippen LogP contribution in [0, 0.1) is 6.92 Å². The van der Waals surface area contributed by atoms with Crippen LogP contribution in [-0.2, 0) is 25.7 Å². The Morgan fingerprint density at radius 3 is 0.430 bits per heavy atom. The molecule has 0 saturated carbocycles. The van der Waals surface area contributed by atoms with Gasteiger partial charge in [0.2, 0.25) is 0 Å². The Kier molecular flexibility index (Phi) is 77.8. The van der Waals surface area contributed by atoms with Crippen LogP contribution in [0.5, 0.6) is 0 Å². The summed E-state index contributed by atoms with van der Waals surface area (Å²) >= 11 is 0. The Labute approximate surface area is 591 Å². The first-order valence-corrected chi connectivity index (χ1v) is 45.2. The molecule has 0 amide bonds. The minimum atomic E-state index is 1.02. The molecule has 0 heteroatoms. The second-order valence-electron chi connectivity index (χ2n) is 31.8. The van der Waals surface area contributed by atoms with E-state index in [-0.39, 0.29) is 0 Å². The molecule has 1 rings (SSSR count). The highest BCUT2D eigenvalue weighted by Crippen LogP contribution is 2.28. The maximum atomic E-state index is 4.34. The maximum absolute atomic E-state index is 4.34. The molecule has 0 aliphatic rings. The molecule has 551 valence electrons. The van der Waals surface area contributed by atoms with E-state index in [1.807, 2.05) is 0 Å². The van der Waals surface area contributed by atoms with Gasteiger partial charge in [0, 0.05) is 0 Å². The summed E-state index contributed by atoms with van der Waals surface area (Å²) in [6.45, 7) is 11.3. The van der Waals surface area contributed by atoms with Crippen molar-refractivity contribution in [1.82, 2.24) is 0 Å². The Balaban J connectivity index is 2.34. The summed E-state index contributed by atoms with van der Waals surface area (Å²) in [4.78, 5) is 0. The standard InChI is InChI=1S/C93H179/c1-5-9-12-15-18-21-24-27-30-33-36-39-42-45-48-51-54-57-60-63-66-69-72-75-78-81-85-91-88-90(84-8-4)89-92(86-82-79-76-73-70-67-64-61-58-55-52-49-46-43-40-37-34-31-28-25-22-19-16-13-10-6-2)93(91)87-83-80-77-74-71-68-65-62-59-56-53-50-47-44-41-38-35-32-29-26-23-20-17-14-11-7-3/h88-89H,4-87H2,1-3H3. The SMILES string of the molecule is [CH2]CCc1cc(CCCCCCCCCCCCCCCCCCCCCCCCCCCC)c(CCCCCCCCCCCCCCCCCCCCCCCCCCCC)c(CCCCCCCCCCCCCCCCCCCCCCCCCCCC)c1. The Morgan fingerprint density at radius 2 is 0.290 bits per heavy atom. The van der Waals surface area contributed by atoms with E-state index in [2.05, 4.69) is 39.8 Å². The van der Waals surface area contributed by atoms with Crippen LogP contribution < -0.4 is 0 Å². The Hall–Kier alpha value is -0.780. The van der Waals surface area contributed by atoms with Gasteiger partial charge >= 0.3 is 0 Å². The van der Waals surface area contributed by atoms with Crippen molar-refractivity contribution in [1.29, 1.82) is 0 Å². The molecule has 0 aliphatic heterocycles. The van der Waals surface area contributed by atoms with E-state index >= 15 is 0 Å². The molecule has 0 unspecified atom stereocenters. The van der Waals surface area contributed by atoms with Crippen LogP contribution in [0.15, 0.2) is 12.1 Å². The van der Waals surface area contributed by atoms with Crippen LogP contribution in [0.1, 0.15) is 550 Å². The average Bonchev–Trinajstić information content (AvgIpc) is 1.73. The number of aryl methyl sites for hydroxylation is 3. The summed E-state index contributed by atoms with van der Waals surface area (Å²) in [5.41, 5.74) is 6.88. The van der Waals surface area contributed by atoms with Gasteiger partial charge in [-0.25, -0.2) is 0 Å². The second-order valence-corrected chi connectivity index (χ2v) is 31.8. The van der Waals surface area contributed by atoms with Crippen LogP contribution in [0.4, 0.5) is 0 Å². The summed E-state index contributed by atoms with van der Waals surface area (Å²) in [6, 6.07) is 5.34. The van der Waals surface area contributed by atoms with Crippen molar-refractivity contribution in [3.05, 3.63) is 41.3 Å². The lowest BCUT2D eigenvalue weighted by Crippen LogP contribution is -2.04. The number of hydrogen-bond acceptors (Lipinski definition) is 0. The Morgan fingerprint density at radius 1 is 0.161 bits per heavy atom. The molecule has 1 aromatic rings. The van der Waals surface area contributed by atoms with Crippen molar-refractivity contribution in [2.45, 2.75) is 554 Å². The van der Waals surface area contributed by atoms with E-state index < -0.39 is 0 Å². The molecule has 0 nitrogen and oxygen atoms in total. The van der Waals surface area contributed by atoms with Crippen molar-refractivity contribution in [3.63, 3.8) is 0 Å². The quantitative estimate of drug-likeness (QED) is 0.0570. The first kappa shape index (κ1) is 90.2. The fraction of sp³-hybridized carbons (Fsp3) is 0.925. The summed E-state index contributed by atoms with van der Waals surface area (Å²) in [5, 5.41) is 0. The zero-order chi connectivity index (χ0) is 66.4. The monoisotopic (exact) mass is 1300 g/mol. The number of hydrogen-bond donors (Lipinski definition) is 0. The van der Waals surface area contributed by atoms with Gasteiger partial charge in [0.15, 0.2) is 0 Å². The molecule has 0 heterocycles. The first-order valence-electron chi connectivity index (χ1n) is 45.2. The van der Waals surface area contributed by atoms with E-state index in [4.69, 9.17) is 0 Å². The fourth-order valence-corrected chi connectivity index (χ4v) is 15.9.